The van der Waals surface area contributed by atoms with Gasteiger partial charge >= 0.3 is 0 Å². The monoisotopic (exact) mass is 289 g/mol. The predicted molar refractivity (Wildman–Crippen MR) is 71.3 cm³/mol. The molecule has 0 saturated carbocycles. The van der Waals surface area contributed by atoms with Crippen molar-refractivity contribution in [3.05, 3.63) is 15.0 Å². The molecular formula is C11H16ClN3O2S. The minimum Gasteiger partial charge on any atom is -0.392 e. The summed E-state index contributed by atoms with van der Waals surface area (Å²) >= 11 is 7.22. The van der Waals surface area contributed by atoms with Crippen LogP contribution in [0.2, 0.25) is 4.34 Å². The molecule has 0 radical (unpaired) electrons. The largest absolute Gasteiger partial charge is 0.392 e. The van der Waals surface area contributed by atoms with E-state index in [1.807, 2.05) is 6.92 Å². The third-order valence-corrected chi connectivity index (χ3v) is 4.04. The normalized spacial score (nSPS) is 20.3. The maximum Gasteiger partial charge on any atom is 0.272 e. The van der Waals surface area contributed by atoms with Gasteiger partial charge in [-0.2, -0.15) is 0 Å². The number of nitrogens with zero attached hydrogens (tertiary/aromatic N) is 2. The lowest BCUT2D eigenvalue weighted by atomic mass is 10.3. The maximum atomic E-state index is 11.8. The fourth-order valence-corrected chi connectivity index (χ4v) is 3.06. The predicted octanol–water partition coefficient (Wildman–Crippen LogP) is 0.901. The summed E-state index contributed by atoms with van der Waals surface area (Å²) in [6, 6.07) is 0. The second kappa shape index (κ2) is 5.97. The van der Waals surface area contributed by atoms with Gasteiger partial charge in [0, 0.05) is 26.2 Å². The van der Waals surface area contributed by atoms with Crippen molar-refractivity contribution in [2.24, 2.45) is 0 Å². The van der Waals surface area contributed by atoms with Crippen LogP contribution in [-0.4, -0.2) is 53.2 Å². The Morgan fingerprint density at radius 2 is 2.50 bits per heavy atom. The fraction of sp³-hybridized carbons (Fsp3) is 0.636. The minimum atomic E-state index is -0.232. The van der Waals surface area contributed by atoms with E-state index in [1.165, 1.54) is 11.3 Å². The van der Waals surface area contributed by atoms with E-state index >= 15 is 0 Å². The van der Waals surface area contributed by atoms with Crippen molar-refractivity contribution in [3.8, 4) is 0 Å². The highest BCUT2D eigenvalue weighted by molar-refractivity contribution is 7.16. The molecule has 100 valence electrons. The molecular weight excluding hydrogens is 274 g/mol. The van der Waals surface area contributed by atoms with E-state index in [4.69, 9.17) is 11.6 Å². The van der Waals surface area contributed by atoms with Crippen molar-refractivity contribution >= 4 is 28.8 Å². The summed E-state index contributed by atoms with van der Waals surface area (Å²) in [7, 11) is 0. The van der Waals surface area contributed by atoms with Crippen LogP contribution in [0.15, 0.2) is 0 Å². The molecule has 1 unspecified atom stereocenters. The molecule has 1 atom stereocenters. The van der Waals surface area contributed by atoms with Crippen molar-refractivity contribution < 1.29 is 9.90 Å². The van der Waals surface area contributed by atoms with Crippen molar-refractivity contribution in [2.45, 2.75) is 19.4 Å². The molecule has 2 N–H and O–H groups in total. The molecule has 1 saturated heterocycles. The summed E-state index contributed by atoms with van der Waals surface area (Å²) in [4.78, 5) is 18.0. The molecule has 0 aromatic carbocycles. The molecule has 1 fully saturated rings. The first kappa shape index (κ1) is 13.7. The van der Waals surface area contributed by atoms with Crippen LogP contribution in [0.1, 0.15) is 21.9 Å². The van der Waals surface area contributed by atoms with Crippen LogP contribution in [0.3, 0.4) is 0 Å². The molecule has 2 heterocycles. The molecule has 7 heteroatoms. The smallest absolute Gasteiger partial charge is 0.272 e. The lowest BCUT2D eigenvalue weighted by Crippen LogP contribution is -2.34. The van der Waals surface area contributed by atoms with Crippen LogP contribution < -0.4 is 5.32 Å². The van der Waals surface area contributed by atoms with Gasteiger partial charge in [0.25, 0.3) is 5.91 Å². The molecule has 2 rings (SSSR count). The van der Waals surface area contributed by atoms with Crippen LogP contribution in [0.5, 0.6) is 0 Å². The molecule has 1 aliphatic rings. The first-order valence-electron chi connectivity index (χ1n) is 5.88. The quantitative estimate of drug-likeness (QED) is 0.864. The number of likely N-dealkylation sites (tertiary alicyclic amines) is 1. The van der Waals surface area contributed by atoms with Crippen LogP contribution in [0.4, 0.5) is 0 Å². The second-order valence-corrected chi connectivity index (χ2v) is 6.16. The molecule has 1 aliphatic heterocycles. The first-order chi connectivity index (χ1) is 8.56. The zero-order valence-electron chi connectivity index (χ0n) is 10.1. The number of aliphatic hydroxyl groups is 1. The number of hydrogen-bond donors (Lipinski definition) is 2. The number of amides is 1. The average Bonchev–Trinajstić information content (AvgIpc) is 2.85. The third kappa shape index (κ3) is 3.41. The van der Waals surface area contributed by atoms with Gasteiger partial charge in [-0.1, -0.05) is 11.6 Å². The number of halogens is 1. The zero-order valence-corrected chi connectivity index (χ0v) is 11.7. The fourth-order valence-electron chi connectivity index (χ4n) is 1.97. The SMILES string of the molecule is Cc1nc(C(=O)NCCN2CCC(O)C2)c(Cl)s1. The van der Waals surface area contributed by atoms with Gasteiger partial charge in [0.05, 0.1) is 11.1 Å². The summed E-state index contributed by atoms with van der Waals surface area (Å²) in [6.45, 7) is 4.67. The van der Waals surface area contributed by atoms with Crippen molar-refractivity contribution in [1.82, 2.24) is 15.2 Å². The Morgan fingerprint density at radius 3 is 3.06 bits per heavy atom. The Labute approximate surface area is 115 Å². The molecule has 18 heavy (non-hydrogen) atoms. The van der Waals surface area contributed by atoms with E-state index in [0.717, 1.165) is 24.5 Å². The molecule has 0 spiro atoms. The van der Waals surface area contributed by atoms with Crippen molar-refractivity contribution in [1.29, 1.82) is 0 Å². The number of carbonyl (C=O) groups excluding carboxylic acids is 1. The summed E-state index contributed by atoms with van der Waals surface area (Å²) in [6.07, 6.45) is 0.585. The number of aryl methyl sites for hydroxylation is 1. The van der Waals surface area contributed by atoms with Gasteiger partial charge < -0.3 is 10.4 Å². The lowest BCUT2D eigenvalue weighted by molar-refractivity contribution is 0.0944. The van der Waals surface area contributed by atoms with Gasteiger partial charge in [-0.25, -0.2) is 4.98 Å². The molecule has 1 aromatic rings. The van der Waals surface area contributed by atoms with E-state index < -0.39 is 0 Å². The number of carbonyl (C=O) groups is 1. The maximum absolute atomic E-state index is 11.8. The van der Waals surface area contributed by atoms with Gasteiger partial charge in [-0.3, -0.25) is 9.69 Å². The summed E-state index contributed by atoms with van der Waals surface area (Å²) < 4.78 is 0.432. The minimum absolute atomic E-state index is 0.226. The summed E-state index contributed by atoms with van der Waals surface area (Å²) in [5.74, 6) is -0.232. The van der Waals surface area contributed by atoms with Gasteiger partial charge in [0.2, 0.25) is 0 Å². The number of aromatic nitrogens is 1. The van der Waals surface area contributed by atoms with E-state index in [9.17, 15) is 9.90 Å². The highest BCUT2D eigenvalue weighted by Gasteiger charge is 2.20. The van der Waals surface area contributed by atoms with Crippen molar-refractivity contribution in [3.63, 3.8) is 0 Å². The van der Waals surface area contributed by atoms with E-state index in [-0.39, 0.29) is 12.0 Å². The topological polar surface area (TPSA) is 65.5 Å². The number of aliphatic hydroxyl groups excluding tert-OH is 1. The summed E-state index contributed by atoms with van der Waals surface area (Å²) in [5.41, 5.74) is 0.306. The molecule has 5 nitrogen and oxygen atoms in total. The Kier molecular flexibility index (Phi) is 4.55. The van der Waals surface area contributed by atoms with Crippen LogP contribution in [0, 0.1) is 6.92 Å². The number of thiazole rings is 1. The van der Waals surface area contributed by atoms with Crippen LogP contribution >= 0.6 is 22.9 Å². The first-order valence-corrected chi connectivity index (χ1v) is 7.07. The number of hydrogen-bond acceptors (Lipinski definition) is 5. The Bertz CT molecular complexity index is 438. The second-order valence-electron chi connectivity index (χ2n) is 4.35. The Morgan fingerprint density at radius 1 is 1.72 bits per heavy atom. The number of rotatable bonds is 4. The average molecular weight is 290 g/mol. The van der Waals surface area contributed by atoms with Crippen LogP contribution in [0.25, 0.3) is 0 Å². The van der Waals surface area contributed by atoms with E-state index in [1.54, 1.807) is 0 Å². The zero-order chi connectivity index (χ0) is 13.1. The number of nitrogens with one attached hydrogen (secondary N) is 1. The van der Waals surface area contributed by atoms with Gasteiger partial charge in [-0.05, 0) is 13.3 Å². The molecule has 1 amide bonds. The molecule has 1 aromatic heterocycles. The Hall–Kier alpha value is -0.690. The van der Waals surface area contributed by atoms with Crippen molar-refractivity contribution in [2.75, 3.05) is 26.2 Å². The van der Waals surface area contributed by atoms with Gasteiger partial charge in [0.15, 0.2) is 5.69 Å². The number of β-amino-alcohol motifs (C(OH)–C–C–N with tert-alkyl or cyclic N) is 1. The van der Waals surface area contributed by atoms with Crippen LogP contribution in [-0.2, 0) is 0 Å². The van der Waals surface area contributed by atoms with Gasteiger partial charge in [-0.15, -0.1) is 11.3 Å². The third-order valence-electron chi connectivity index (χ3n) is 2.87. The molecule has 0 aliphatic carbocycles. The van der Waals surface area contributed by atoms with E-state index in [0.29, 0.717) is 23.1 Å². The Balaban J connectivity index is 1.77. The standard InChI is InChI=1S/C11H16ClN3O2S/c1-7-14-9(10(12)18-7)11(17)13-3-5-15-4-2-8(16)6-15/h8,16H,2-6H2,1H3,(H,13,17). The lowest BCUT2D eigenvalue weighted by Gasteiger charge is -2.14. The summed E-state index contributed by atoms with van der Waals surface area (Å²) in [5, 5.41) is 12.9. The molecule has 0 bridgehead atoms. The van der Waals surface area contributed by atoms with E-state index in [2.05, 4.69) is 15.2 Å². The highest BCUT2D eigenvalue weighted by Crippen LogP contribution is 2.23. The highest BCUT2D eigenvalue weighted by atomic mass is 35.5. The van der Waals surface area contributed by atoms with Gasteiger partial charge in [0.1, 0.15) is 4.34 Å².